The second-order valence-corrected chi connectivity index (χ2v) is 4.40. The van der Waals surface area contributed by atoms with Gasteiger partial charge in [0.2, 0.25) is 0 Å². The van der Waals surface area contributed by atoms with Crippen molar-refractivity contribution in [3.8, 4) is 0 Å². The summed E-state index contributed by atoms with van der Waals surface area (Å²) < 4.78 is 38.1. The second-order valence-electron chi connectivity index (χ2n) is 3.96. The fourth-order valence-corrected chi connectivity index (χ4v) is 2.21. The minimum absolute atomic E-state index is 0. The number of rotatable bonds is 1. The maximum absolute atomic E-state index is 12.7. The van der Waals surface area contributed by atoms with Crippen molar-refractivity contribution in [1.82, 2.24) is 5.32 Å². The summed E-state index contributed by atoms with van der Waals surface area (Å²) in [6.07, 6.45) is -4.15. The Hall–Kier alpha value is -0.450. The van der Waals surface area contributed by atoms with E-state index < -0.39 is 18.0 Å². The molecule has 0 aliphatic carbocycles. The van der Waals surface area contributed by atoms with Gasteiger partial charge in [0.1, 0.15) is 0 Å². The average molecular weight is 286 g/mol. The van der Waals surface area contributed by atoms with E-state index >= 15 is 0 Å². The van der Waals surface area contributed by atoms with Gasteiger partial charge in [-0.1, -0.05) is 23.7 Å². The number of hydrogen-bond acceptors (Lipinski definition) is 1. The van der Waals surface area contributed by atoms with Crippen molar-refractivity contribution in [2.24, 2.45) is 5.92 Å². The number of halogens is 5. The van der Waals surface area contributed by atoms with Crippen LogP contribution in [-0.4, -0.2) is 19.3 Å². The van der Waals surface area contributed by atoms with E-state index in [9.17, 15) is 13.2 Å². The van der Waals surface area contributed by atoms with Crippen LogP contribution in [0.5, 0.6) is 0 Å². The second kappa shape index (κ2) is 5.46. The third-order valence-electron chi connectivity index (χ3n) is 2.93. The fourth-order valence-electron chi connectivity index (χ4n) is 2.08. The van der Waals surface area contributed by atoms with Gasteiger partial charge >= 0.3 is 6.18 Å². The zero-order valence-electron chi connectivity index (χ0n) is 8.80. The molecule has 1 nitrogen and oxygen atoms in total. The van der Waals surface area contributed by atoms with Gasteiger partial charge in [-0.15, -0.1) is 12.4 Å². The van der Waals surface area contributed by atoms with E-state index in [4.69, 9.17) is 11.6 Å². The molecule has 1 aromatic carbocycles. The van der Waals surface area contributed by atoms with E-state index in [0.717, 1.165) is 0 Å². The molecular weight excluding hydrogens is 274 g/mol. The number of benzene rings is 1. The van der Waals surface area contributed by atoms with Crippen LogP contribution < -0.4 is 5.32 Å². The number of hydrogen-bond donors (Lipinski definition) is 1. The lowest BCUT2D eigenvalue weighted by Gasteiger charge is -2.21. The van der Waals surface area contributed by atoms with Crippen LogP contribution in [0.15, 0.2) is 24.3 Å². The molecule has 2 unspecified atom stereocenters. The summed E-state index contributed by atoms with van der Waals surface area (Å²) in [7, 11) is 0. The molecule has 0 spiro atoms. The molecule has 0 saturated carbocycles. The highest BCUT2D eigenvalue weighted by molar-refractivity contribution is 6.30. The normalized spacial score (nSPS) is 24.5. The Bertz CT molecular complexity index is 364. The van der Waals surface area contributed by atoms with Crippen LogP contribution in [0, 0.1) is 5.92 Å². The quantitative estimate of drug-likeness (QED) is 0.831. The highest BCUT2D eigenvalue weighted by Crippen LogP contribution is 2.39. The summed E-state index contributed by atoms with van der Waals surface area (Å²) in [5.74, 6) is -1.80. The molecule has 1 aromatic rings. The van der Waals surface area contributed by atoms with Gasteiger partial charge in [-0.3, -0.25) is 0 Å². The lowest BCUT2D eigenvalue weighted by molar-refractivity contribution is -0.172. The van der Waals surface area contributed by atoms with Gasteiger partial charge in [0.05, 0.1) is 5.92 Å². The molecule has 0 aromatic heterocycles. The molecule has 0 radical (unpaired) electrons. The highest BCUT2D eigenvalue weighted by Gasteiger charge is 2.47. The first kappa shape index (κ1) is 14.6. The predicted octanol–water partition coefficient (Wildman–Crippen LogP) is 3.63. The maximum Gasteiger partial charge on any atom is 0.393 e. The van der Waals surface area contributed by atoms with Crippen molar-refractivity contribution in [3.05, 3.63) is 34.9 Å². The zero-order chi connectivity index (χ0) is 11.8. The third kappa shape index (κ3) is 3.27. The minimum atomic E-state index is -4.15. The van der Waals surface area contributed by atoms with Crippen LogP contribution in [0.3, 0.4) is 0 Å². The molecule has 0 bridgehead atoms. The largest absolute Gasteiger partial charge is 0.393 e. The Morgan fingerprint density at radius 3 is 2.24 bits per heavy atom. The highest BCUT2D eigenvalue weighted by atomic mass is 35.5. The van der Waals surface area contributed by atoms with Crippen molar-refractivity contribution in [2.45, 2.75) is 12.1 Å². The van der Waals surface area contributed by atoms with Gasteiger partial charge in [0, 0.05) is 24.0 Å². The van der Waals surface area contributed by atoms with Crippen LogP contribution in [0.25, 0.3) is 0 Å². The van der Waals surface area contributed by atoms with E-state index in [1.807, 2.05) is 0 Å². The molecule has 17 heavy (non-hydrogen) atoms. The lowest BCUT2D eigenvalue weighted by atomic mass is 9.88. The summed E-state index contributed by atoms with van der Waals surface area (Å²) in [6, 6.07) is 6.59. The number of alkyl halides is 3. The van der Waals surface area contributed by atoms with E-state index in [1.165, 1.54) is 0 Å². The predicted molar refractivity (Wildman–Crippen MR) is 63.9 cm³/mol. The molecule has 0 amide bonds. The van der Waals surface area contributed by atoms with Crippen molar-refractivity contribution >= 4 is 24.0 Å². The lowest BCUT2D eigenvalue weighted by Crippen LogP contribution is -2.28. The third-order valence-corrected chi connectivity index (χ3v) is 3.18. The molecule has 96 valence electrons. The van der Waals surface area contributed by atoms with Crippen molar-refractivity contribution in [3.63, 3.8) is 0 Å². The Morgan fingerprint density at radius 1 is 1.12 bits per heavy atom. The first-order chi connectivity index (χ1) is 7.48. The molecule has 6 heteroatoms. The molecular formula is C11H12Cl2F3N. The average Bonchev–Trinajstić information content (AvgIpc) is 2.66. The summed E-state index contributed by atoms with van der Waals surface area (Å²) in [6.45, 7) is 0.364. The molecule has 2 rings (SSSR count). The summed E-state index contributed by atoms with van der Waals surface area (Å²) >= 11 is 5.71. The van der Waals surface area contributed by atoms with E-state index in [-0.39, 0.29) is 19.0 Å². The topological polar surface area (TPSA) is 12.0 Å². The Morgan fingerprint density at radius 2 is 1.71 bits per heavy atom. The number of nitrogens with one attached hydrogen (secondary N) is 1. The van der Waals surface area contributed by atoms with Crippen LogP contribution in [0.4, 0.5) is 13.2 Å². The minimum Gasteiger partial charge on any atom is -0.315 e. The molecule has 2 atom stereocenters. The first-order valence-electron chi connectivity index (χ1n) is 5.01. The van der Waals surface area contributed by atoms with Gasteiger partial charge in [0.25, 0.3) is 0 Å². The maximum atomic E-state index is 12.7. The van der Waals surface area contributed by atoms with Crippen LogP contribution >= 0.6 is 24.0 Å². The molecule has 1 aliphatic rings. The summed E-state index contributed by atoms with van der Waals surface area (Å²) in [5, 5.41) is 3.33. The Labute approximate surface area is 109 Å². The molecule has 1 aliphatic heterocycles. The molecule has 1 N–H and O–H groups in total. The van der Waals surface area contributed by atoms with Crippen LogP contribution in [-0.2, 0) is 0 Å². The van der Waals surface area contributed by atoms with Crippen LogP contribution in [0.1, 0.15) is 11.5 Å². The summed E-state index contributed by atoms with van der Waals surface area (Å²) in [4.78, 5) is 0. The Kier molecular flexibility index (Phi) is 4.69. The van der Waals surface area contributed by atoms with E-state index in [1.54, 1.807) is 24.3 Å². The van der Waals surface area contributed by atoms with Crippen molar-refractivity contribution < 1.29 is 13.2 Å². The fraction of sp³-hybridized carbons (Fsp3) is 0.455. The zero-order valence-corrected chi connectivity index (χ0v) is 10.4. The van der Waals surface area contributed by atoms with Crippen molar-refractivity contribution in [2.75, 3.05) is 13.1 Å². The standard InChI is InChI=1S/C11H11ClF3N.ClH/c12-8-3-1-7(2-4-8)9-5-16-6-10(9)11(13,14)15;/h1-4,9-10,16H,5-6H2;1H. The summed E-state index contributed by atoms with van der Waals surface area (Å²) in [5.41, 5.74) is 0.691. The molecule has 1 fully saturated rings. The smallest absolute Gasteiger partial charge is 0.315 e. The Balaban J connectivity index is 0.00000144. The van der Waals surface area contributed by atoms with Gasteiger partial charge in [-0.25, -0.2) is 0 Å². The van der Waals surface area contributed by atoms with E-state index in [0.29, 0.717) is 17.1 Å². The molecule has 1 saturated heterocycles. The first-order valence-corrected chi connectivity index (χ1v) is 5.39. The van der Waals surface area contributed by atoms with Crippen molar-refractivity contribution in [1.29, 1.82) is 0 Å². The monoisotopic (exact) mass is 285 g/mol. The molecule has 1 heterocycles. The van der Waals surface area contributed by atoms with Gasteiger partial charge < -0.3 is 5.32 Å². The van der Waals surface area contributed by atoms with E-state index in [2.05, 4.69) is 5.32 Å². The van der Waals surface area contributed by atoms with Gasteiger partial charge in [0.15, 0.2) is 0 Å². The van der Waals surface area contributed by atoms with Gasteiger partial charge in [-0.05, 0) is 17.7 Å². The SMILES string of the molecule is Cl.FC(F)(F)C1CNCC1c1ccc(Cl)cc1. The van der Waals surface area contributed by atoms with Gasteiger partial charge in [-0.2, -0.15) is 13.2 Å². The van der Waals surface area contributed by atoms with Crippen LogP contribution in [0.2, 0.25) is 5.02 Å².